The Hall–Kier alpha value is -1.58. The van der Waals surface area contributed by atoms with Gasteiger partial charge in [-0.25, -0.2) is 0 Å². The van der Waals surface area contributed by atoms with Crippen LogP contribution >= 0.6 is 0 Å². The lowest BCUT2D eigenvalue weighted by Crippen LogP contribution is -2.03. The second-order valence-electron chi connectivity index (χ2n) is 2.48. The monoisotopic (exact) mass is 149 g/mol. The topological polar surface area (TPSA) is 68.0 Å². The van der Waals surface area contributed by atoms with Crippen LogP contribution in [-0.4, -0.2) is 10.9 Å². The van der Waals surface area contributed by atoms with Crippen LogP contribution in [-0.2, 0) is 11.2 Å². The van der Waals surface area contributed by atoms with Gasteiger partial charge in [0.25, 0.3) is 0 Å². The minimum atomic E-state index is -0.0142. The third kappa shape index (κ3) is 0.832. The Bertz CT molecular complexity index is 321. The number of nitrogens with zero attached hydrogens (tertiary/aromatic N) is 1. The molecule has 0 aliphatic carbocycles. The van der Waals surface area contributed by atoms with Crippen molar-refractivity contribution < 1.29 is 4.79 Å². The average Bonchev–Trinajstić information content (AvgIpc) is 2.31. The molecular formula is C7H7N3O. The third-order valence-electron chi connectivity index (χ3n) is 1.70. The van der Waals surface area contributed by atoms with Crippen LogP contribution in [0.4, 0.5) is 11.4 Å². The van der Waals surface area contributed by atoms with Crippen molar-refractivity contribution in [2.24, 2.45) is 0 Å². The fraction of sp³-hybridized carbons (Fsp3) is 0.143. The quantitative estimate of drug-likeness (QED) is 0.552. The minimum absolute atomic E-state index is 0.0142. The molecule has 0 bridgehead atoms. The predicted molar refractivity (Wildman–Crippen MR) is 41.0 cm³/mol. The Labute approximate surface area is 63.4 Å². The molecule has 56 valence electrons. The molecule has 1 aromatic heterocycles. The number of carbonyl (C=O) groups is 1. The van der Waals surface area contributed by atoms with E-state index in [1.165, 1.54) is 0 Å². The zero-order valence-electron chi connectivity index (χ0n) is 5.79. The summed E-state index contributed by atoms with van der Waals surface area (Å²) in [7, 11) is 0. The average molecular weight is 149 g/mol. The SMILES string of the molecule is Nc1cncc2c1CC(=O)N2. The molecule has 1 amide bonds. The molecule has 0 unspecified atom stereocenters. The number of hydrogen-bond donors (Lipinski definition) is 2. The number of hydrogen-bond acceptors (Lipinski definition) is 3. The molecule has 0 atom stereocenters. The summed E-state index contributed by atoms with van der Waals surface area (Å²) in [5, 5.41) is 2.66. The van der Waals surface area contributed by atoms with Gasteiger partial charge >= 0.3 is 0 Å². The maximum atomic E-state index is 10.9. The standard InChI is InChI=1S/C7H7N3O/c8-5-2-9-3-6-4(5)1-7(11)10-6/h2-3H,1,8H2,(H,10,11). The van der Waals surface area contributed by atoms with Crippen LogP contribution in [0.3, 0.4) is 0 Å². The minimum Gasteiger partial charge on any atom is -0.397 e. The lowest BCUT2D eigenvalue weighted by Gasteiger charge is -1.98. The van der Waals surface area contributed by atoms with E-state index in [2.05, 4.69) is 10.3 Å². The Morgan fingerprint density at radius 2 is 2.36 bits per heavy atom. The largest absolute Gasteiger partial charge is 0.397 e. The molecule has 0 aromatic carbocycles. The first-order valence-electron chi connectivity index (χ1n) is 3.29. The summed E-state index contributed by atoms with van der Waals surface area (Å²) >= 11 is 0. The highest BCUT2D eigenvalue weighted by Crippen LogP contribution is 2.25. The van der Waals surface area contributed by atoms with Gasteiger partial charge in [-0.15, -0.1) is 0 Å². The van der Waals surface area contributed by atoms with Crippen LogP contribution in [0.2, 0.25) is 0 Å². The van der Waals surface area contributed by atoms with Crippen LogP contribution in [0.25, 0.3) is 0 Å². The lowest BCUT2D eigenvalue weighted by atomic mass is 10.2. The van der Waals surface area contributed by atoms with E-state index < -0.39 is 0 Å². The highest BCUT2D eigenvalue weighted by atomic mass is 16.1. The van der Waals surface area contributed by atoms with Gasteiger partial charge < -0.3 is 11.1 Å². The number of carbonyl (C=O) groups excluding carboxylic acids is 1. The number of anilines is 2. The van der Waals surface area contributed by atoms with Gasteiger partial charge in [0.15, 0.2) is 0 Å². The van der Waals surface area contributed by atoms with Crippen molar-refractivity contribution in [1.29, 1.82) is 0 Å². The highest BCUT2D eigenvalue weighted by Gasteiger charge is 2.19. The van der Waals surface area contributed by atoms with Crippen molar-refractivity contribution in [3.8, 4) is 0 Å². The molecule has 1 aromatic rings. The first-order chi connectivity index (χ1) is 5.27. The van der Waals surface area contributed by atoms with Crippen LogP contribution in [0.5, 0.6) is 0 Å². The van der Waals surface area contributed by atoms with Gasteiger partial charge in [0, 0.05) is 5.56 Å². The predicted octanol–water partition coefficient (Wildman–Crippen LogP) is 0.158. The van der Waals surface area contributed by atoms with Crippen molar-refractivity contribution in [2.75, 3.05) is 11.1 Å². The Morgan fingerprint density at radius 3 is 3.09 bits per heavy atom. The molecular weight excluding hydrogens is 142 g/mol. The van der Waals surface area contributed by atoms with Gasteiger partial charge in [-0.05, 0) is 0 Å². The first kappa shape index (κ1) is 6.15. The molecule has 4 nitrogen and oxygen atoms in total. The molecule has 1 aliphatic heterocycles. The zero-order chi connectivity index (χ0) is 7.84. The van der Waals surface area contributed by atoms with E-state index in [9.17, 15) is 4.79 Å². The summed E-state index contributed by atoms with van der Waals surface area (Å²) in [5.41, 5.74) is 7.77. The summed E-state index contributed by atoms with van der Waals surface area (Å²) in [6.45, 7) is 0. The summed E-state index contributed by atoms with van der Waals surface area (Å²) in [4.78, 5) is 14.7. The van der Waals surface area contributed by atoms with Gasteiger partial charge in [0.2, 0.25) is 5.91 Å². The number of nitrogen functional groups attached to an aromatic ring is 1. The van der Waals surface area contributed by atoms with Gasteiger partial charge in [0.05, 0.1) is 30.2 Å². The van der Waals surface area contributed by atoms with Crippen LogP contribution in [0.15, 0.2) is 12.4 Å². The second-order valence-corrected chi connectivity index (χ2v) is 2.48. The molecule has 0 spiro atoms. The van der Waals surface area contributed by atoms with E-state index in [4.69, 9.17) is 5.73 Å². The van der Waals surface area contributed by atoms with Crippen molar-refractivity contribution >= 4 is 17.3 Å². The molecule has 11 heavy (non-hydrogen) atoms. The van der Waals surface area contributed by atoms with E-state index in [1.54, 1.807) is 12.4 Å². The van der Waals surface area contributed by atoms with Crippen molar-refractivity contribution in [2.45, 2.75) is 6.42 Å². The number of fused-ring (bicyclic) bond motifs is 1. The van der Waals surface area contributed by atoms with Crippen molar-refractivity contribution in [3.63, 3.8) is 0 Å². The molecule has 0 saturated heterocycles. The second kappa shape index (κ2) is 1.95. The fourth-order valence-corrected chi connectivity index (χ4v) is 1.16. The number of amides is 1. The first-order valence-corrected chi connectivity index (χ1v) is 3.29. The molecule has 2 rings (SSSR count). The summed E-state index contributed by atoms with van der Waals surface area (Å²) in [5.74, 6) is -0.0142. The van der Waals surface area contributed by atoms with E-state index >= 15 is 0 Å². The summed E-state index contributed by atoms with van der Waals surface area (Å²) < 4.78 is 0. The number of aromatic nitrogens is 1. The molecule has 0 fully saturated rings. The van der Waals surface area contributed by atoms with Gasteiger partial charge in [0.1, 0.15) is 0 Å². The smallest absolute Gasteiger partial charge is 0.229 e. The number of nitrogens with two attached hydrogens (primary N) is 1. The molecule has 0 saturated carbocycles. The van der Waals surface area contributed by atoms with Crippen LogP contribution in [0, 0.1) is 0 Å². The van der Waals surface area contributed by atoms with E-state index in [0.29, 0.717) is 12.1 Å². The Balaban J connectivity index is 2.57. The third-order valence-corrected chi connectivity index (χ3v) is 1.70. The maximum absolute atomic E-state index is 10.9. The Kier molecular flexibility index (Phi) is 1.09. The van der Waals surface area contributed by atoms with Gasteiger partial charge in [-0.2, -0.15) is 0 Å². The summed E-state index contributed by atoms with van der Waals surface area (Å²) in [6.07, 6.45) is 3.54. The summed E-state index contributed by atoms with van der Waals surface area (Å²) in [6, 6.07) is 0. The lowest BCUT2D eigenvalue weighted by molar-refractivity contribution is -0.115. The number of pyridine rings is 1. The molecule has 1 aliphatic rings. The van der Waals surface area contributed by atoms with E-state index in [-0.39, 0.29) is 5.91 Å². The van der Waals surface area contributed by atoms with Crippen LogP contribution < -0.4 is 11.1 Å². The Morgan fingerprint density at radius 1 is 1.55 bits per heavy atom. The molecule has 2 heterocycles. The fourth-order valence-electron chi connectivity index (χ4n) is 1.16. The van der Waals surface area contributed by atoms with Crippen molar-refractivity contribution in [3.05, 3.63) is 18.0 Å². The normalized spacial score (nSPS) is 14.4. The van der Waals surface area contributed by atoms with Gasteiger partial charge in [-0.1, -0.05) is 0 Å². The molecule has 3 N–H and O–H groups in total. The van der Waals surface area contributed by atoms with Crippen molar-refractivity contribution in [1.82, 2.24) is 4.98 Å². The van der Waals surface area contributed by atoms with E-state index in [1.807, 2.05) is 0 Å². The number of nitrogens with one attached hydrogen (secondary N) is 1. The zero-order valence-corrected chi connectivity index (χ0v) is 5.79. The molecule has 4 heteroatoms. The van der Waals surface area contributed by atoms with E-state index in [0.717, 1.165) is 11.3 Å². The van der Waals surface area contributed by atoms with Gasteiger partial charge in [-0.3, -0.25) is 9.78 Å². The maximum Gasteiger partial charge on any atom is 0.229 e. The van der Waals surface area contributed by atoms with Crippen LogP contribution in [0.1, 0.15) is 5.56 Å². The highest BCUT2D eigenvalue weighted by molar-refractivity contribution is 6.00. The molecule has 0 radical (unpaired) electrons. The number of rotatable bonds is 0.